The fourth-order valence-electron chi connectivity index (χ4n) is 2.48. The lowest BCUT2D eigenvalue weighted by molar-refractivity contribution is -0.154. The number of carbonyl (C=O) groups excluding carboxylic acids is 2. The summed E-state index contributed by atoms with van der Waals surface area (Å²) in [6, 6.07) is 6.72. The lowest BCUT2D eigenvalue weighted by Gasteiger charge is -2.30. The van der Waals surface area contributed by atoms with Crippen LogP contribution in [0.1, 0.15) is 18.9 Å². The summed E-state index contributed by atoms with van der Waals surface area (Å²) in [5.41, 5.74) is 3.16. The summed E-state index contributed by atoms with van der Waals surface area (Å²) >= 11 is 0. The average Bonchev–Trinajstić information content (AvgIpc) is 2.68. The molecule has 0 aliphatic carbocycles. The molecule has 0 bridgehead atoms. The van der Waals surface area contributed by atoms with Crippen LogP contribution in [0.5, 0.6) is 5.75 Å². The number of ether oxygens (including phenoxy) is 2. The highest BCUT2D eigenvalue weighted by molar-refractivity contribution is 6.76. The van der Waals surface area contributed by atoms with Gasteiger partial charge in [0.25, 0.3) is 0 Å². The topological polar surface area (TPSA) is 125 Å². The van der Waals surface area contributed by atoms with Gasteiger partial charge in [-0.25, -0.2) is 20.0 Å². The van der Waals surface area contributed by atoms with E-state index in [-0.39, 0.29) is 13.0 Å². The first-order valence-electron chi connectivity index (χ1n) is 9.74. The maximum atomic E-state index is 12.7. The van der Waals surface area contributed by atoms with Gasteiger partial charge < -0.3 is 19.7 Å². The molecule has 2 amide bonds. The van der Waals surface area contributed by atoms with E-state index in [2.05, 4.69) is 25.1 Å². The number of carboxylic acid groups (broad SMARTS) is 1. The molecule has 0 aliphatic rings. The SMILES string of the molecule is COc1ccc(CCC(=O)N(NC(=O)OCC[Si](C)(C)C)[C@@H](C)[C@H](O)C(=O)O)cc1. The number of benzene rings is 1. The van der Waals surface area contributed by atoms with Gasteiger partial charge in [0.05, 0.1) is 19.8 Å². The van der Waals surface area contributed by atoms with E-state index < -0.39 is 38.2 Å². The van der Waals surface area contributed by atoms with Crippen molar-refractivity contribution in [3.05, 3.63) is 29.8 Å². The fourth-order valence-corrected chi connectivity index (χ4v) is 3.20. The summed E-state index contributed by atoms with van der Waals surface area (Å²) in [5, 5.41) is 19.8. The van der Waals surface area contributed by atoms with Crippen molar-refractivity contribution in [3.8, 4) is 5.75 Å². The van der Waals surface area contributed by atoms with Crippen molar-refractivity contribution in [2.24, 2.45) is 0 Å². The molecule has 1 aromatic carbocycles. The van der Waals surface area contributed by atoms with Crippen molar-refractivity contribution in [2.75, 3.05) is 13.7 Å². The Labute approximate surface area is 178 Å². The molecule has 10 heteroatoms. The number of aliphatic hydroxyl groups is 1. The molecular formula is C20H32N2O7Si. The smallest absolute Gasteiger partial charge is 0.426 e. The molecule has 30 heavy (non-hydrogen) atoms. The second-order valence-corrected chi connectivity index (χ2v) is 13.8. The molecule has 0 aliphatic heterocycles. The van der Waals surface area contributed by atoms with Crippen LogP contribution in [0.3, 0.4) is 0 Å². The highest BCUT2D eigenvalue weighted by atomic mass is 28.3. The molecule has 168 valence electrons. The largest absolute Gasteiger partial charge is 0.497 e. The number of aryl methyl sites for hydroxylation is 1. The zero-order valence-corrected chi connectivity index (χ0v) is 19.2. The minimum atomic E-state index is -1.86. The van der Waals surface area contributed by atoms with Crippen molar-refractivity contribution in [3.63, 3.8) is 0 Å². The van der Waals surface area contributed by atoms with Crippen molar-refractivity contribution < 1.29 is 34.1 Å². The van der Waals surface area contributed by atoms with E-state index in [1.165, 1.54) is 6.92 Å². The monoisotopic (exact) mass is 440 g/mol. The number of amides is 2. The van der Waals surface area contributed by atoms with Gasteiger partial charge in [-0.1, -0.05) is 31.8 Å². The van der Waals surface area contributed by atoms with E-state index >= 15 is 0 Å². The van der Waals surface area contributed by atoms with Crippen molar-refractivity contribution >= 4 is 26.0 Å². The van der Waals surface area contributed by atoms with Gasteiger partial charge in [0.2, 0.25) is 5.91 Å². The second kappa shape index (κ2) is 11.6. The lowest BCUT2D eigenvalue weighted by atomic mass is 10.1. The Balaban J connectivity index is 2.78. The predicted octanol–water partition coefficient (Wildman–Crippen LogP) is 2.27. The standard InChI is InChI=1S/C20H32N2O7Si/c1-14(18(24)19(25)26)22(21-20(27)29-12-13-30(3,4)5)17(23)11-8-15-6-9-16(28-2)10-7-15/h6-7,9-10,14,18,24H,8,11-13H2,1-5H3,(H,21,27)(H,25,26)/t14-,18-/m0/s1. The molecular weight excluding hydrogens is 408 g/mol. The van der Waals surface area contributed by atoms with Gasteiger partial charge >= 0.3 is 12.1 Å². The Bertz CT molecular complexity index is 719. The molecule has 0 aromatic heterocycles. The Morgan fingerprint density at radius 1 is 1.17 bits per heavy atom. The quantitative estimate of drug-likeness (QED) is 0.376. The summed E-state index contributed by atoms with van der Waals surface area (Å²) in [6.07, 6.45) is -2.37. The molecule has 0 fully saturated rings. The third-order valence-electron chi connectivity index (χ3n) is 4.47. The van der Waals surface area contributed by atoms with Gasteiger partial charge in [-0.15, -0.1) is 0 Å². The Morgan fingerprint density at radius 3 is 2.27 bits per heavy atom. The molecule has 1 rings (SSSR count). The number of nitrogens with zero attached hydrogens (tertiary/aromatic N) is 1. The molecule has 0 saturated heterocycles. The zero-order valence-electron chi connectivity index (χ0n) is 18.2. The molecule has 1 aromatic rings. The fraction of sp³-hybridized carbons (Fsp3) is 0.550. The number of hydrogen-bond acceptors (Lipinski definition) is 6. The van der Waals surface area contributed by atoms with Crippen molar-refractivity contribution in [2.45, 2.75) is 57.6 Å². The number of aliphatic carboxylic acids is 1. The van der Waals surface area contributed by atoms with Gasteiger partial charge in [0.1, 0.15) is 5.75 Å². The molecule has 0 radical (unpaired) electrons. The Kier molecular flexibility index (Phi) is 9.80. The summed E-state index contributed by atoms with van der Waals surface area (Å²) in [6.45, 7) is 7.94. The van der Waals surface area contributed by atoms with E-state index in [0.29, 0.717) is 12.2 Å². The third kappa shape index (κ3) is 8.83. The molecule has 0 heterocycles. The van der Waals surface area contributed by atoms with Crippen LogP contribution in [0.4, 0.5) is 4.79 Å². The average molecular weight is 441 g/mol. The van der Waals surface area contributed by atoms with Gasteiger partial charge in [0, 0.05) is 14.5 Å². The molecule has 0 unspecified atom stereocenters. The van der Waals surface area contributed by atoms with E-state index in [1.54, 1.807) is 19.2 Å². The second-order valence-electron chi connectivity index (χ2n) is 8.19. The Hall–Kier alpha value is -2.59. The van der Waals surface area contributed by atoms with E-state index in [9.17, 15) is 19.5 Å². The van der Waals surface area contributed by atoms with E-state index in [0.717, 1.165) is 16.6 Å². The molecule has 9 nitrogen and oxygen atoms in total. The lowest BCUT2D eigenvalue weighted by Crippen LogP contribution is -2.56. The number of aliphatic hydroxyl groups excluding tert-OH is 1. The van der Waals surface area contributed by atoms with Gasteiger partial charge in [-0.05, 0) is 37.1 Å². The van der Waals surface area contributed by atoms with Crippen LogP contribution in [0.15, 0.2) is 24.3 Å². The van der Waals surface area contributed by atoms with Crippen LogP contribution in [0, 0.1) is 0 Å². The summed E-state index contributed by atoms with van der Waals surface area (Å²) in [7, 11) is 0.146. The van der Waals surface area contributed by atoms with Gasteiger partial charge in [0.15, 0.2) is 6.10 Å². The number of nitrogens with one attached hydrogen (secondary N) is 1. The number of hydrazine groups is 1. The van der Waals surface area contributed by atoms with Crippen molar-refractivity contribution in [1.29, 1.82) is 0 Å². The first kappa shape index (κ1) is 25.4. The molecule has 0 spiro atoms. The molecule has 3 N–H and O–H groups in total. The van der Waals surface area contributed by atoms with Gasteiger partial charge in [-0.3, -0.25) is 4.79 Å². The van der Waals surface area contributed by atoms with Crippen LogP contribution in [-0.2, 0) is 20.7 Å². The number of carboxylic acids is 1. The maximum absolute atomic E-state index is 12.7. The van der Waals surface area contributed by atoms with Crippen LogP contribution >= 0.6 is 0 Å². The van der Waals surface area contributed by atoms with Crippen LogP contribution < -0.4 is 10.2 Å². The van der Waals surface area contributed by atoms with Gasteiger partial charge in [-0.2, -0.15) is 0 Å². The normalized spacial score (nSPS) is 13.1. The number of methoxy groups -OCH3 is 1. The van der Waals surface area contributed by atoms with Crippen LogP contribution in [0.2, 0.25) is 25.7 Å². The summed E-state index contributed by atoms with van der Waals surface area (Å²) < 4.78 is 10.2. The first-order chi connectivity index (χ1) is 13.9. The maximum Gasteiger partial charge on any atom is 0.426 e. The highest BCUT2D eigenvalue weighted by Crippen LogP contribution is 2.14. The highest BCUT2D eigenvalue weighted by Gasteiger charge is 2.32. The number of hydrogen-bond donors (Lipinski definition) is 3. The van der Waals surface area contributed by atoms with Crippen LogP contribution in [0.25, 0.3) is 0 Å². The van der Waals surface area contributed by atoms with E-state index in [1.807, 2.05) is 12.1 Å². The molecule has 2 atom stereocenters. The van der Waals surface area contributed by atoms with Crippen molar-refractivity contribution in [1.82, 2.24) is 10.4 Å². The minimum Gasteiger partial charge on any atom is -0.497 e. The first-order valence-corrected chi connectivity index (χ1v) is 13.4. The third-order valence-corrected chi connectivity index (χ3v) is 6.17. The summed E-state index contributed by atoms with van der Waals surface area (Å²) in [4.78, 5) is 36.0. The van der Waals surface area contributed by atoms with E-state index in [4.69, 9.17) is 14.6 Å². The summed E-state index contributed by atoms with van der Waals surface area (Å²) in [5.74, 6) is -1.35. The predicted molar refractivity (Wildman–Crippen MR) is 114 cm³/mol. The number of rotatable bonds is 10. The number of carbonyl (C=O) groups is 3. The minimum absolute atomic E-state index is 0.00179. The zero-order chi connectivity index (χ0) is 22.9. The Morgan fingerprint density at radius 2 is 1.77 bits per heavy atom. The molecule has 0 saturated carbocycles. The van der Waals surface area contributed by atoms with Crippen LogP contribution in [-0.4, -0.2) is 67.1 Å².